The Bertz CT molecular complexity index is 531. The monoisotopic (exact) mass is 300 g/mol. The van der Waals surface area contributed by atoms with Crippen molar-refractivity contribution in [3.05, 3.63) is 39.9 Å². The van der Waals surface area contributed by atoms with Crippen LogP contribution in [0.3, 0.4) is 0 Å². The largest absolute Gasteiger partial charge is 0.388 e. The number of hydrogen-bond donors (Lipinski definition) is 1. The predicted molar refractivity (Wildman–Crippen MR) is 61.6 cm³/mol. The highest BCUT2D eigenvalue weighted by molar-refractivity contribution is 9.10. The van der Waals surface area contributed by atoms with Crippen molar-refractivity contribution in [3.8, 4) is 0 Å². The maximum atomic E-state index is 13.5. The van der Waals surface area contributed by atoms with E-state index in [9.17, 15) is 9.50 Å². The van der Waals surface area contributed by atoms with Crippen LogP contribution in [0.5, 0.6) is 0 Å². The highest BCUT2D eigenvalue weighted by atomic mass is 79.9. The first-order valence-electron chi connectivity index (χ1n) is 4.92. The molecule has 1 unspecified atom stereocenters. The van der Waals surface area contributed by atoms with Gasteiger partial charge in [-0.2, -0.15) is 4.80 Å². The molecule has 0 aliphatic rings. The van der Waals surface area contributed by atoms with E-state index in [2.05, 4.69) is 31.3 Å². The fraction of sp³-hybridized carbons (Fsp3) is 0.300. The fourth-order valence-corrected chi connectivity index (χ4v) is 1.84. The Morgan fingerprint density at radius 2 is 2.29 bits per heavy atom. The Labute approximate surface area is 105 Å². The fourth-order valence-electron chi connectivity index (χ4n) is 1.46. The first-order valence-corrected chi connectivity index (χ1v) is 5.71. The molecule has 1 aromatic heterocycles. The molecule has 5 nitrogen and oxygen atoms in total. The van der Waals surface area contributed by atoms with Gasteiger partial charge in [-0.1, -0.05) is 15.9 Å². The highest BCUT2D eigenvalue weighted by Gasteiger charge is 2.16. The standard InChI is InChI=1S/C10H10BrFN4O/c1-16-14-10(13-15-16)5-9(17)7-4-6(11)2-3-8(7)12/h2-4,9,17H,5H2,1H3. The van der Waals surface area contributed by atoms with Crippen LogP contribution in [-0.2, 0) is 13.5 Å². The average Bonchev–Trinajstić information content (AvgIpc) is 2.67. The van der Waals surface area contributed by atoms with Gasteiger partial charge < -0.3 is 5.11 Å². The van der Waals surface area contributed by atoms with Gasteiger partial charge in [0.15, 0.2) is 5.82 Å². The second-order valence-corrected chi connectivity index (χ2v) is 4.50. The van der Waals surface area contributed by atoms with E-state index in [-0.39, 0.29) is 12.0 Å². The first kappa shape index (κ1) is 12.1. The summed E-state index contributed by atoms with van der Waals surface area (Å²) >= 11 is 3.23. The number of aliphatic hydroxyl groups is 1. The summed E-state index contributed by atoms with van der Waals surface area (Å²) in [5.74, 6) is -0.0797. The zero-order valence-electron chi connectivity index (χ0n) is 9.01. The van der Waals surface area contributed by atoms with Crippen molar-refractivity contribution >= 4 is 15.9 Å². The third kappa shape index (κ3) is 2.86. The summed E-state index contributed by atoms with van der Waals surface area (Å²) in [6.45, 7) is 0. The van der Waals surface area contributed by atoms with Crippen molar-refractivity contribution in [1.29, 1.82) is 0 Å². The van der Waals surface area contributed by atoms with Crippen molar-refractivity contribution in [2.45, 2.75) is 12.5 Å². The molecule has 0 bridgehead atoms. The van der Waals surface area contributed by atoms with Gasteiger partial charge in [0, 0.05) is 16.5 Å². The van der Waals surface area contributed by atoms with Crippen molar-refractivity contribution in [2.75, 3.05) is 0 Å². The second-order valence-electron chi connectivity index (χ2n) is 3.58. The first-order chi connectivity index (χ1) is 8.06. The minimum atomic E-state index is -0.989. The molecule has 0 aliphatic heterocycles. The van der Waals surface area contributed by atoms with Crippen LogP contribution in [0.4, 0.5) is 4.39 Å². The number of tetrazole rings is 1. The van der Waals surface area contributed by atoms with Crippen molar-refractivity contribution < 1.29 is 9.50 Å². The summed E-state index contributed by atoms with van der Waals surface area (Å²) in [4.78, 5) is 1.29. The summed E-state index contributed by atoms with van der Waals surface area (Å²) in [6, 6.07) is 4.41. The number of rotatable bonds is 3. The number of aliphatic hydroxyl groups excluding tert-OH is 1. The lowest BCUT2D eigenvalue weighted by Gasteiger charge is -2.10. The van der Waals surface area contributed by atoms with Gasteiger partial charge in [0.2, 0.25) is 0 Å². The topological polar surface area (TPSA) is 63.8 Å². The molecule has 0 fully saturated rings. The predicted octanol–water partition coefficient (Wildman–Crippen LogP) is 1.39. The Hall–Kier alpha value is -1.34. The third-order valence-electron chi connectivity index (χ3n) is 2.24. The van der Waals surface area contributed by atoms with Crippen molar-refractivity contribution in [2.24, 2.45) is 7.05 Å². The van der Waals surface area contributed by atoms with Crippen LogP contribution in [0.15, 0.2) is 22.7 Å². The van der Waals surface area contributed by atoms with Crippen molar-refractivity contribution in [3.63, 3.8) is 0 Å². The summed E-state index contributed by atoms with van der Waals surface area (Å²) in [7, 11) is 1.63. The van der Waals surface area contributed by atoms with Crippen LogP contribution in [-0.4, -0.2) is 25.3 Å². The zero-order valence-corrected chi connectivity index (χ0v) is 10.6. The van der Waals surface area contributed by atoms with Crippen LogP contribution in [0.2, 0.25) is 0 Å². The van der Waals surface area contributed by atoms with Gasteiger partial charge in [0.1, 0.15) is 5.82 Å². The Balaban J connectivity index is 2.19. The lowest BCUT2D eigenvalue weighted by Crippen LogP contribution is -2.06. The molecule has 0 spiro atoms. The lowest BCUT2D eigenvalue weighted by atomic mass is 10.1. The number of hydrogen-bond acceptors (Lipinski definition) is 4. The summed E-state index contributed by atoms with van der Waals surface area (Å²) in [5.41, 5.74) is 0.215. The van der Waals surface area contributed by atoms with E-state index < -0.39 is 11.9 Å². The summed E-state index contributed by atoms with van der Waals surface area (Å²) in [5, 5.41) is 21.2. The lowest BCUT2D eigenvalue weighted by molar-refractivity contribution is 0.171. The van der Waals surface area contributed by atoms with Crippen LogP contribution < -0.4 is 0 Å². The van der Waals surface area contributed by atoms with E-state index in [4.69, 9.17) is 0 Å². The SMILES string of the molecule is Cn1nnc(CC(O)c2cc(Br)ccc2F)n1. The normalized spacial score (nSPS) is 12.7. The number of aryl methyl sites for hydroxylation is 1. The van der Waals surface area contributed by atoms with Crippen LogP contribution in [0, 0.1) is 5.82 Å². The summed E-state index contributed by atoms with van der Waals surface area (Å²) in [6.07, 6.45) is -0.863. The van der Waals surface area contributed by atoms with E-state index in [1.54, 1.807) is 13.1 Å². The van der Waals surface area contributed by atoms with Gasteiger partial charge in [-0.3, -0.25) is 0 Å². The quantitative estimate of drug-likeness (QED) is 0.930. The molecular formula is C10H10BrFN4O. The molecule has 1 heterocycles. The molecule has 1 N–H and O–H groups in total. The minimum absolute atomic E-state index is 0.126. The van der Waals surface area contributed by atoms with E-state index in [1.807, 2.05) is 0 Å². The number of halogens is 2. The number of aromatic nitrogens is 4. The number of benzene rings is 1. The van der Waals surface area contributed by atoms with Crippen LogP contribution in [0.25, 0.3) is 0 Å². The Kier molecular flexibility index (Phi) is 3.49. The van der Waals surface area contributed by atoms with Gasteiger partial charge in [-0.25, -0.2) is 4.39 Å². The van der Waals surface area contributed by atoms with Crippen LogP contribution >= 0.6 is 15.9 Å². The summed E-state index contributed by atoms with van der Waals surface area (Å²) < 4.78 is 14.2. The molecule has 1 atom stereocenters. The Morgan fingerprint density at radius 1 is 1.53 bits per heavy atom. The molecule has 0 saturated carbocycles. The highest BCUT2D eigenvalue weighted by Crippen LogP contribution is 2.23. The van der Waals surface area contributed by atoms with Gasteiger partial charge in [-0.05, 0) is 23.4 Å². The molecule has 17 heavy (non-hydrogen) atoms. The molecular weight excluding hydrogens is 291 g/mol. The van der Waals surface area contributed by atoms with E-state index in [0.29, 0.717) is 10.3 Å². The molecule has 7 heteroatoms. The molecule has 1 aromatic carbocycles. The molecule has 0 radical (unpaired) electrons. The van der Waals surface area contributed by atoms with Crippen LogP contribution in [0.1, 0.15) is 17.5 Å². The van der Waals surface area contributed by atoms with E-state index in [0.717, 1.165) is 0 Å². The Morgan fingerprint density at radius 3 is 2.94 bits per heavy atom. The van der Waals surface area contributed by atoms with Gasteiger partial charge in [0.25, 0.3) is 0 Å². The maximum Gasteiger partial charge on any atom is 0.177 e. The third-order valence-corrected chi connectivity index (χ3v) is 2.74. The molecule has 2 aromatic rings. The smallest absolute Gasteiger partial charge is 0.177 e. The molecule has 0 amide bonds. The molecule has 0 saturated heterocycles. The molecule has 2 rings (SSSR count). The molecule has 90 valence electrons. The number of nitrogens with zero attached hydrogens (tertiary/aromatic N) is 4. The van der Waals surface area contributed by atoms with Gasteiger partial charge in [0.05, 0.1) is 13.2 Å². The molecule has 0 aliphatic carbocycles. The minimum Gasteiger partial charge on any atom is -0.388 e. The zero-order chi connectivity index (χ0) is 12.4. The second kappa shape index (κ2) is 4.89. The average molecular weight is 301 g/mol. The van der Waals surface area contributed by atoms with Crippen molar-refractivity contribution in [1.82, 2.24) is 20.2 Å². The van der Waals surface area contributed by atoms with E-state index >= 15 is 0 Å². The maximum absolute atomic E-state index is 13.5. The van der Waals surface area contributed by atoms with E-state index in [1.165, 1.54) is 16.9 Å². The van der Waals surface area contributed by atoms with Gasteiger partial charge >= 0.3 is 0 Å². The van der Waals surface area contributed by atoms with Gasteiger partial charge in [-0.15, -0.1) is 10.2 Å².